The summed E-state index contributed by atoms with van der Waals surface area (Å²) in [6.07, 6.45) is 2.51. The number of nitrogens with zero attached hydrogens (tertiary/aromatic N) is 1. The SMILES string of the molecule is Cc1ccc(C=CC(=O)N2C(=O)OC[C@H]2c2ccccc2)cc1. The van der Waals surface area contributed by atoms with E-state index < -0.39 is 6.09 Å². The van der Waals surface area contributed by atoms with E-state index in [0.717, 1.165) is 16.7 Å². The molecule has 3 rings (SSSR count). The van der Waals surface area contributed by atoms with E-state index in [-0.39, 0.29) is 18.6 Å². The summed E-state index contributed by atoms with van der Waals surface area (Å²) in [5.74, 6) is -0.373. The summed E-state index contributed by atoms with van der Waals surface area (Å²) < 4.78 is 5.05. The third-order valence-electron chi connectivity index (χ3n) is 3.79. The molecule has 2 aromatic carbocycles. The number of hydrogen-bond donors (Lipinski definition) is 0. The summed E-state index contributed by atoms with van der Waals surface area (Å²) in [4.78, 5) is 25.5. The van der Waals surface area contributed by atoms with Crippen LogP contribution in [0.2, 0.25) is 0 Å². The minimum atomic E-state index is -0.600. The van der Waals surface area contributed by atoms with Crippen LogP contribution in [0.3, 0.4) is 0 Å². The highest BCUT2D eigenvalue weighted by atomic mass is 16.6. The fourth-order valence-corrected chi connectivity index (χ4v) is 2.51. The van der Waals surface area contributed by atoms with Gasteiger partial charge in [-0.05, 0) is 24.1 Å². The predicted molar refractivity (Wildman–Crippen MR) is 87.6 cm³/mol. The lowest BCUT2D eigenvalue weighted by Gasteiger charge is -2.18. The second kappa shape index (κ2) is 6.48. The summed E-state index contributed by atoms with van der Waals surface area (Å²) >= 11 is 0. The van der Waals surface area contributed by atoms with E-state index in [4.69, 9.17) is 4.74 Å². The first-order valence-electron chi connectivity index (χ1n) is 7.45. The normalized spacial score (nSPS) is 17.5. The molecule has 1 fully saturated rings. The Labute approximate surface area is 135 Å². The van der Waals surface area contributed by atoms with E-state index in [0.29, 0.717) is 0 Å². The lowest BCUT2D eigenvalue weighted by atomic mass is 10.1. The Kier molecular flexibility index (Phi) is 4.24. The van der Waals surface area contributed by atoms with Crippen molar-refractivity contribution in [1.82, 2.24) is 4.90 Å². The number of rotatable bonds is 3. The number of imide groups is 1. The van der Waals surface area contributed by atoms with Crippen LogP contribution in [-0.2, 0) is 9.53 Å². The second-order valence-electron chi connectivity index (χ2n) is 5.46. The Bertz CT molecular complexity index is 735. The molecule has 0 saturated carbocycles. The number of benzene rings is 2. The zero-order valence-corrected chi connectivity index (χ0v) is 12.8. The first-order chi connectivity index (χ1) is 11.1. The Balaban J connectivity index is 1.79. The molecule has 1 atom stereocenters. The van der Waals surface area contributed by atoms with Crippen molar-refractivity contribution in [2.75, 3.05) is 6.61 Å². The molecule has 0 spiro atoms. The molecule has 0 aliphatic carbocycles. The topological polar surface area (TPSA) is 46.6 Å². The molecule has 116 valence electrons. The van der Waals surface area contributed by atoms with Gasteiger partial charge < -0.3 is 4.74 Å². The van der Waals surface area contributed by atoms with Crippen LogP contribution in [0.1, 0.15) is 22.7 Å². The van der Waals surface area contributed by atoms with Crippen molar-refractivity contribution >= 4 is 18.1 Å². The number of hydrogen-bond acceptors (Lipinski definition) is 3. The average molecular weight is 307 g/mol. The van der Waals surface area contributed by atoms with Gasteiger partial charge in [-0.2, -0.15) is 0 Å². The zero-order valence-electron chi connectivity index (χ0n) is 12.8. The molecular formula is C19H17NO3. The van der Waals surface area contributed by atoms with E-state index in [1.807, 2.05) is 61.5 Å². The molecule has 2 aromatic rings. The Morgan fingerprint density at radius 2 is 1.83 bits per heavy atom. The van der Waals surface area contributed by atoms with Crippen molar-refractivity contribution in [2.45, 2.75) is 13.0 Å². The van der Waals surface area contributed by atoms with Gasteiger partial charge in [-0.1, -0.05) is 60.2 Å². The Morgan fingerprint density at radius 1 is 1.13 bits per heavy atom. The molecule has 0 bridgehead atoms. The van der Waals surface area contributed by atoms with Crippen LogP contribution >= 0.6 is 0 Å². The highest BCUT2D eigenvalue weighted by molar-refractivity contribution is 6.02. The first-order valence-corrected chi connectivity index (χ1v) is 7.45. The van der Waals surface area contributed by atoms with Gasteiger partial charge in [0.1, 0.15) is 12.6 Å². The maximum Gasteiger partial charge on any atom is 0.417 e. The highest BCUT2D eigenvalue weighted by Crippen LogP contribution is 2.27. The lowest BCUT2D eigenvalue weighted by Crippen LogP contribution is -2.32. The average Bonchev–Trinajstić information content (AvgIpc) is 2.96. The minimum absolute atomic E-state index is 0.187. The van der Waals surface area contributed by atoms with E-state index in [2.05, 4.69) is 0 Å². The van der Waals surface area contributed by atoms with Gasteiger partial charge in [0.05, 0.1) is 0 Å². The quantitative estimate of drug-likeness (QED) is 0.812. The molecule has 0 N–H and O–H groups in total. The van der Waals surface area contributed by atoms with Crippen LogP contribution in [0.15, 0.2) is 60.7 Å². The highest BCUT2D eigenvalue weighted by Gasteiger charge is 2.37. The molecule has 4 nitrogen and oxygen atoms in total. The third kappa shape index (κ3) is 3.31. The van der Waals surface area contributed by atoms with Crippen molar-refractivity contribution < 1.29 is 14.3 Å². The number of amides is 2. The monoisotopic (exact) mass is 307 g/mol. The second-order valence-corrected chi connectivity index (χ2v) is 5.46. The standard InChI is InChI=1S/C19H17NO3/c1-14-7-9-15(10-8-14)11-12-18(21)20-17(13-23-19(20)22)16-5-3-2-4-6-16/h2-12,17H,13H2,1H3/t17-/m0/s1. The summed E-state index contributed by atoms with van der Waals surface area (Å²) in [5.41, 5.74) is 2.95. The number of cyclic esters (lactones) is 1. The van der Waals surface area contributed by atoms with E-state index in [9.17, 15) is 9.59 Å². The van der Waals surface area contributed by atoms with Gasteiger partial charge in [0, 0.05) is 6.08 Å². The molecular weight excluding hydrogens is 290 g/mol. The predicted octanol–water partition coefficient (Wildman–Crippen LogP) is 3.73. The van der Waals surface area contributed by atoms with Crippen LogP contribution in [0.5, 0.6) is 0 Å². The number of aryl methyl sites for hydroxylation is 1. The van der Waals surface area contributed by atoms with Crippen LogP contribution in [0.25, 0.3) is 6.08 Å². The molecule has 4 heteroatoms. The molecule has 1 heterocycles. The van der Waals surface area contributed by atoms with Crippen molar-refractivity contribution in [1.29, 1.82) is 0 Å². The minimum Gasteiger partial charge on any atom is -0.446 e. The maximum absolute atomic E-state index is 12.4. The van der Waals surface area contributed by atoms with Crippen LogP contribution < -0.4 is 0 Å². The molecule has 0 unspecified atom stereocenters. The van der Waals surface area contributed by atoms with Gasteiger partial charge in [0.2, 0.25) is 0 Å². The van der Waals surface area contributed by atoms with Gasteiger partial charge >= 0.3 is 6.09 Å². The van der Waals surface area contributed by atoms with Gasteiger partial charge in [-0.15, -0.1) is 0 Å². The number of carbonyl (C=O) groups is 2. The van der Waals surface area contributed by atoms with Crippen molar-refractivity contribution in [3.05, 3.63) is 77.4 Å². The van der Waals surface area contributed by atoms with E-state index >= 15 is 0 Å². The van der Waals surface area contributed by atoms with Crippen molar-refractivity contribution in [2.24, 2.45) is 0 Å². The fraction of sp³-hybridized carbons (Fsp3) is 0.158. The number of carbonyl (C=O) groups excluding carboxylic acids is 2. The molecule has 0 aromatic heterocycles. The third-order valence-corrected chi connectivity index (χ3v) is 3.79. The summed E-state index contributed by atoms with van der Waals surface area (Å²) in [6, 6.07) is 16.8. The molecule has 1 saturated heterocycles. The Hall–Kier alpha value is -2.88. The zero-order chi connectivity index (χ0) is 16.2. The van der Waals surface area contributed by atoms with E-state index in [1.165, 1.54) is 11.0 Å². The largest absolute Gasteiger partial charge is 0.446 e. The number of ether oxygens (including phenoxy) is 1. The molecule has 2 amide bonds. The van der Waals surface area contributed by atoms with Gasteiger partial charge in [-0.25, -0.2) is 9.69 Å². The van der Waals surface area contributed by atoms with Gasteiger partial charge in [0.25, 0.3) is 5.91 Å². The van der Waals surface area contributed by atoms with Gasteiger partial charge in [0.15, 0.2) is 0 Å². The van der Waals surface area contributed by atoms with Crippen LogP contribution in [-0.4, -0.2) is 23.5 Å². The molecule has 1 aliphatic rings. The van der Waals surface area contributed by atoms with Gasteiger partial charge in [-0.3, -0.25) is 4.79 Å². The first kappa shape index (κ1) is 15.0. The molecule has 0 radical (unpaired) electrons. The summed E-state index contributed by atoms with van der Waals surface area (Å²) in [5, 5.41) is 0. The maximum atomic E-state index is 12.4. The smallest absolute Gasteiger partial charge is 0.417 e. The van der Waals surface area contributed by atoms with Crippen molar-refractivity contribution in [3.8, 4) is 0 Å². The lowest BCUT2D eigenvalue weighted by molar-refractivity contribution is -0.124. The summed E-state index contributed by atoms with van der Waals surface area (Å²) in [6.45, 7) is 2.19. The van der Waals surface area contributed by atoms with Crippen molar-refractivity contribution in [3.63, 3.8) is 0 Å². The Morgan fingerprint density at radius 3 is 2.52 bits per heavy atom. The van der Waals surface area contributed by atoms with Crippen LogP contribution in [0, 0.1) is 6.92 Å². The molecule has 1 aliphatic heterocycles. The fourth-order valence-electron chi connectivity index (χ4n) is 2.51. The molecule has 23 heavy (non-hydrogen) atoms. The van der Waals surface area contributed by atoms with E-state index in [1.54, 1.807) is 6.08 Å². The summed E-state index contributed by atoms with van der Waals surface area (Å²) in [7, 11) is 0. The van der Waals surface area contributed by atoms with Crippen LogP contribution in [0.4, 0.5) is 4.79 Å².